The van der Waals surface area contributed by atoms with E-state index >= 15 is 0 Å². The van der Waals surface area contributed by atoms with E-state index in [1.165, 1.54) is 6.92 Å². The summed E-state index contributed by atoms with van der Waals surface area (Å²) in [7, 11) is 0. The Labute approximate surface area is 171 Å². The highest BCUT2D eigenvalue weighted by molar-refractivity contribution is 5.70. The molecule has 1 amide bonds. The lowest BCUT2D eigenvalue weighted by atomic mass is 9.80. The molecular formula is C22H29NO6. The molecule has 3 aliphatic rings. The van der Waals surface area contributed by atoms with Gasteiger partial charge in [0.1, 0.15) is 11.7 Å². The van der Waals surface area contributed by atoms with Crippen LogP contribution in [-0.4, -0.2) is 47.5 Å². The molecule has 1 aliphatic carbocycles. The highest BCUT2D eigenvalue weighted by Gasteiger charge is 2.57. The normalized spacial score (nSPS) is 28.1. The molecule has 158 valence electrons. The lowest BCUT2D eigenvalue weighted by Gasteiger charge is -2.40. The van der Waals surface area contributed by atoms with E-state index in [-0.39, 0.29) is 30.9 Å². The third kappa shape index (κ3) is 3.74. The lowest BCUT2D eigenvalue weighted by Crippen LogP contribution is -2.50. The Balaban J connectivity index is 1.69. The molecule has 1 aromatic carbocycles. The Hall–Kier alpha value is -2.44. The van der Waals surface area contributed by atoms with E-state index in [9.17, 15) is 9.59 Å². The van der Waals surface area contributed by atoms with Crippen molar-refractivity contribution in [2.75, 3.05) is 13.3 Å². The van der Waals surface area contributed by atoms with Gasteiger partial charge in [-0.1, -0.05) is 6.07 Å². The summed E-state index contributed by atoms with van der Waals surface area (Å²) in [6.07, 6.45) is 2.50. The minimum Gasteiger partial charge on any atom is -0.462 e. The standard InChI is InChI=1S/C22H29NO6/c1-14(24)28-16-11-17(15-6-7-18-19(10-15)27-13-26-18)22(12-16)8-5-9-23(22)20(25)29-21(2,3)4/h6-7,10,16-17H,5,8-9,11-13H2,1-4H3/t16-,17-,22-/m0/s1. The number of esters is 1. The van der Waals surface area contributed by atoms with Crippen LogP contribution in [0.3, 0.4) is 0 Å². The first-order chi connectivity index (χ1) is 13.7. The van der Waals surface area contributed by atoms with Crippen LogP contribution in [-0.2, 0) is 14.3 Å². The van der Waals surface area contributed by atoms with Gasteiger partial charge in [0, 0.05) is 25.8 Å². The zero-order valence-corrected chi connectivity index (χ0v) is 17.5. The summed E-state index contributed by atoms with van der Waals surface area (Å²) in [5, 5.41) is 0. The molecule has 0 unspecified atom stereocenters. The van der Waals surface area contributed by atoms with Crippen LogP contribution in [0.25, 0.3) is 0 Å². The fraction of sp³-hybridized carbons (Fsp3) is 0.636. The maximum atomic E-state index is 13.1. The van der Waals surface area contributed by atoms with Crippen LogP contribution in [0.15, 0.2) is 18.2 Å². The van der Waals surface area contributed by atoms with Crippen molar-refractivity contribution in [1.82, 2.24) is 4.90 Å². The average Bonchev–Trinajstić information content (AvgIpc) is 3.31. The van der Waals surface area contributed by atoms with Gasteiger partial charge in [-0.3, -0.25) is 4.79 Å². The van der Waals surface area contributed by atoms with Crippen molar-refractivity contribution in [2.45, 2.75) is 76.5 Å². The minimum absolute atomic E-state index is 0.0244. The zero-order valence-electron chi connectivity index (χ0n) is 17.5. The minimum atomic E-state index is -0.566. The topological polar surface area (TPSA) is 74.3 Å². The molecule has 29 heavy (non-hydrogen) atoms. The van der Waals surface area contributed by atoms with Crippen LogP contribution in [0.5, 0.6) is 11.5 Å². The monoisotopic (exact) mass is 403 g/mol. The van der Waals surface area contributed by atoms with Crippen LogP contribution in [0.1, 0.15) is 64.9 Å². The van der Waals surface area contributed by atoms with Gasteiger partial charge in [-0.05, 0) is 57.7 Å². The number of carbonyl (C=O) groups excluding carboxylic acids is 2. The second-order valence-corrected chi connectivity index (χ2v) is 9.18. The fourth-order valence-corrected chi connectivity index (χ4v) is 5.07. The first-order valence-corrected chi connectivity index (χ1v) is 10.3. The Morgan fingerprint density at radius 2 is 1.97 bits per heavy atom. The van der Waals surface area contributed by atoms with Crippen LogP contribution in [0.4, 0.5) is 4.79 Å². The number of amides is 1. The lowest BCUT2D eigenvalue weighted by molar-refractivity contribution is -0.146. The first-order valence-electron chi connectivity index (χ1n) is 10.3. The van der Waals surface area contributed by atoms with Gasteiger partial charge < -0.3 is 23.8 Å². The first kappa shape index (κ1) is 19.9. The van der Waals surface area contributed by atoms with Crippen molar-refractivity contribution >= 4 is 12.1 Å². The zero-order chi connectivity index (χ0) is 20.8. The molecule has 1 aromatic rings. The second kappa shape index (κ2) is 7.11. The molecule has 0 aromatic heterocycles. The molecule has 2 aliphatic heterocycles. The van der Waals surface area contributed by atoms with Crippen molar-refractivity contribution < 1.29 is 28.5 Å². The highest BCUT2D eigenvalue weighted by atomic mass is 16.7. The molecule has 4 rings (SSSR count). The number of ether oxygens (including phenoxy) is 4. The maximum absolute atomic E-state index is 13.1. The van der Waals surface area contributed by atoms with E-state index in [0.717, 1.165) is 29.9 Å². The van der Waals surface area contributed by atoms with E-state index in [2.05, 4.69) is 0 Å². The molecule has 1 saturated carbocycles. The van der Waals surface area contributed by atoms with Crippen LogP contribution < -0.4 is 9.47 Å². The summed E-state index contributed by atoms with van der Waals surface area (Å²) in [6, 6.07) is 5.94. The number of hydrogen-bond acceptors (Lipinski definition) is 6. The Morgan fingerprint density at radius 3 is 2.69 bits per heavy atom. The predicted octanol–water partition coefficient (Wildman–Crippen LogP) is 3.99. The van der Waals surface area contributed by atoms with Gasteiger partial charge in [0.2, 0.25) is 6.79 Å². The molecule has 1 saturated heterocycles. The van der Waals surface area contributed by atoms with E-state index < -0.39 is 11.1 Å². The SMILES string of the molecule is CC(=O)O[C@H]1C[C@@H](c2ccc3c(c2)OCO3)[C@]2(CCCN2C(=O)OC(C)(C)C)C1. The summed E-state index contributed by atoms with van der Waals surface area (Å²) in [6.45, 7) is 7.91. The summed E-state index contributed by atoms with van der Waals surface area (Å²) >= 11 is 0. The Bertz CT molecular complexity index is 816. The number of carbonyl (C=O) groups is 2. The fourth-order valence-electron chi connectivity index (χ4n) is 5.07. The van der Waals surface area contributed by atoms with Gasteiger partial charge in [-0.25, -0.2) is 4.79 Å². The number of likely N-dealkylation sites (tertiary alicyclic amines) is 1. The van der Waals surface area contributed by atoms with E-state index in [0.29, 0.717) is 19.4 Å². The molecule has 2 fully saturated rings. The van der Waals surface area contributed by atoms with Crippen LogP contribution >= 0.6 is 0 Å². The van der Waals surface area contributed by atoms with Gasteiger partial charge in [0.25, 0.3) is 0 Å². The molecule has 2 heterocycles. The molecule has 0 bridgehead atoms. The van der Waals surface area contributed by atoms with Gasteiger partial charge in [0.15, 0.2) is 11.5 Å². The van der Waals surface area contributed by atoms with Crippen LogP contribution in [0.2, 0.25) is 0 Å². The highest BCUT2D eigenvalue weighted by Crippen LogP contribution is 2.54. The van der Waals surface area contributed by atoms with Gasteiger partial charge >= 0.3 is 12.1 Å². The largest absolute Gasteiger partial charge is 0.462 e. The third-order valence-electron chi connectivity index (χ3n) is 6.00. The summed E-state index contributed by atoms with van der Waals surface area (Å²) in [5.74, 6) is 1.18. The summed E-state index contributed by atoms with van der Waals surface area (Å²) < 4.78 is 22.3. The summed E-state index contributed by atoms with van der Waals surface area (Å²) in [4.78, 5) is 26.6. The number of rotatable bonds is 2. The molecule has 7 heteroatoms. The Morgan fingerprint density at radius 1 is 1.21 bits per heavy atom. The quantitative estimate of drug-likeness (QED) is 0.695. The Kier molecular flexibility index (Phi) is 4.87. The third-order valence-corrected chi connectivity index (χ3v) is 6.00. The van der Waals surface area contributed by atoms with Crippen molar-refractivity contribution in [3.05, 3.63) is 23.8 Å². The van der Waals surface area contributed by atoms with E-state index in [4.69, 9.17) is 18.9 Å². The van der Waals surface area contributed by atoms with Crippen molar-refractivity contribution in [3.8, 4) is 11.5 Å². The molecule has 1 spiro atoms. The van der Waals surface area contributed by atoms with Crippen LogP contribution in [0, 0.1) is 0 Å². The van der Waals surface area contributed by atoms with E-state index in [1.807, 2.05) is 43.9 Å². The molecule has 0 radical (unpaired) electrons. The van der Waals surface area contributed by atoms with Crippen molar-refractivity contribution in [2.24, 2.45) is 0 Å². The number of hydrogen-bond donors (Lipinski definition) is 0. The molecule has 3 atom stereocenters. The predicted molar refractivity (Wildman–Crippen MR) is 105 cm³/mol. The molecular weight excluding hydrogens is 374 g/mol. The van der Waals surface area contributed by atoms with Gasteiger partial charge in [-0.15, -0.1) is 0 Å². The molecule has 7 nitrogen and oxygen atoms in total. The maximum Gasteiger partial charge on any atom is 0.410 e. The van der Waals surface area contributed by atoms with Crippen molar-refractivity contribution in [3.63, 3.8) is 0 Å². The smallest absolute Gasteiger partial charge is 0.410 e. The van der Waals surface area contributed by atoms with Gasteiger partial charge in [-0.2, -0.15) is 0 Å². The summed E-state index contributed by atoms with van der Waals surface area (Å²) in [5.41, 5.74) is 0.0680. The molecule has 0 N–H and O–H groups in total. The second-order valence-electron chi connectivity index (χ2n) is 9.18. The van der Waals surface area contributed by atoms with E-state index in [1.54, 1.807) is 0 Å². The number of benzene rings is 1. The number of fused-ring (bicyclic) bond motifs is 1. The van der Waals surface area contributed by atoms with Gasteiger partial charge in [0.05, 0.1) is 5.54 Å². The number of nitrogens with zero attached hydrogens (tertiary/aromatic N) is 1. The van der Waals surface area contributed by atoms with Crippen molar-refractivity contribution in [1.29, 1.82) is 0 Å². The average molecular weight is 403 g/mol.